The lowest BCUT2D eigenvalue weighted by Crippen LogP contribution is -2.38. The molecule has 164 valence electrons. The normalized spacial score (nSPS) is 16.1. The van der Waals surface area contributed by atoms with Crippen molar-refractivity contribution in [3.8, 4) is 0 Å². The van der Waals surface area contributed by atoms with Crippen LogP contribution in [-0.2, 0) is 20.8 Å². The van der Waals surface area contributed by atoms with Crippen molar-refractivity contribution in [1.82, 2.24) is 10.6 Å². The number of methoxy groups -OCH3 is 1. The molecule has 29 heavy (non-hydrogen) atoms. The summed E-state index contributed by atoms with van der Waals surface area (Å²) in [6, 6.07) is 7.51. The Labute approximate surface area is 190 Å². The van der Waals surface area contributed by atoms with Crippen LogP contribution in [0.1, 0.15) is 31.7 Å². The Hall–Kier alpha value is -1.59. The highest BCUT2D eigenvalue weighted by molar-refractivity contribution is 14.0. The van der Waals surface area contributed by atoms with Crippen LogP contribution < -0.4 is 16.0 Å². The van der Waals surface area contributed by atoms with Crippen LogP contribution in [0.15, 0.2) is 29.3 Å². The summed E-state index contributed by atoms with van der Waals surface area (Å²) in [5, 5.41) is 9.18. The second-order valence-electron chi connectivity index (χ2n) is 6.50. The number of nitrogens with zero attached hydrogens (tertiary/aromatic N) is 1. The second kappa shape index (κ2) is 15.3. The number of guanidine groups is 1. The highest BCUT2D eigenvalue weighted by Gasteiger charge is 2.14. The zero-order valence-electron chi connectivity index (χ0n) is 17.2. The average Bonchev–Trinajstić information content (AvgIpc) is 3.23. The third kappa shape index (κ3) is 10.7. The molecule has 2 rings (SSSR count). The predicted molar refractivity (Wildman–Crippen MR) is 125 cm³/mol. The SMILES string of the molecule is CCNC(=NCc1ccc(NC(=O)OC)cc1)NCCCOCC1CCCO1.I. The summed E-state index contributed by atoms with van der Waals surface area (Å²) in [7, 11) is 1.34. The summed E-state index contributed by atoms with van der Waals surface area (Å²) >= 11 is 0. The van der Waals surface area contributed by atoms with Gasteiger partial charge in [-0.3, -0.25) is 5.32 Å². The molecule has 9 heteroatoms. The van der Waals surface area contributed by atoms with E-state index in [4.69, 9.17) is 9.47 Å². The molecule has 0 aliphatic carbocycles. The van der Waals surface area contributed by atoms with Gasteiger partial charge in [0.05, 0.1) is 26.4 Å². The number of rotatable bonds is 10. The van der Waals surface area contributed by atoms with E-state index >= 15 is 0 Å². The maximum absolute atomic E-state index is 11.2. The van der Waals surface area contributed by atoms with Crippen LogP contribution >= 0.6 is 24.0 Å². The molecule has 0 aromatic heterocycles. The minimum Gasteiger partial charge on any atom is -0.453 e. The fraction of sp³-hybridized carbons (Fsp3) is 0.600. The van der Waals surface area contributed by atoms with Crippen molar-refractivity contribution in [1.29, 1.82) is 0 Å². The highest BCUT2D eigenvalue weighted by atomic mass is 127. The second-order valence-corrected chi connectivity index (χ2v) is 6.50. The van der Waals surface area contributed by atoms with Crippen LogP contribution in [0.4, 0.5) is 10.5 Å². The summed E-state index contributed by atoms with van der Waals surface area (Å²) in [5.74, 6) is 0.776. The van der Waals surface area contributed by atoms with Crippen molar-refractivity contribution in [2.75, 3.05) is 45.3 Å². The third-order valence-corrected chi connectivity index (χ3v) is 4.24. The summed E-state index contributed by atoms with van der Waals surface area (Å²) in [6.45, 7) is 6.43. The van der Waals surface area contributed by atoms with Gasteiger partial charge in [-0.1, -0.05) is 12.1 Å². The Bertz CT molecular complexity index is 607. The van der Waals surface area contributed by atoms with E-state index in [1.54, 1.807) is 0 Å². The topological polar surface area (TPSA) is 93.2 Å². The van der Waals surface area contributed by atoms with Gasteiger partial charge in [0.1, 0.15) is 0 Å². The first kappa shape index (κ1) is 25.4. The molecule has 8 nitrogen and oxygen atoms in total. The molecule has 1 saturated heterocycles. The molecular formula is C20H33IN4O4. The van der Waals surface area contributed by atoms with Gasteiger partial charge in [0.2, 0.25) is 0 Å². The van der Waals surface area contributed by atoms with E-state index in [2.05, 4.69) is 25.7 Å². The minimum atomic E-state index is -0.482. The van der Waals surface area contributed by atoms with Crippen LogP contribution in [-0.4, -0.2) is 58.2 Å². The number of benzene rings is 1. The van der Waals surface area contributed by atoms with E-state index in [1.165, 1.54) is 7.11 Å². The fourth-order valence-corrected chi connectivity index (χ4v) is 2.75. The molecule has 1 atom stereocenters. The van der Waals surface area contributed by atoms with Gasteiger partial charge in [-0.25, -0.2) is 9.79 Å². The first-order valence-corrected chi connectivity index (χ1v) is 9.86. The van der Waals surface area contributed by atoms with Gasteiger partial charge in [0.15, 0.2) is 5.96 Å². The van der Waals surface area contributed by atoms with Crippen molar-refractivity contribution in [2.24, 2.45) is 4.99 Å². The molecule has 1 amide bonds. The molecule has 1 aliphatic heterocycles. The van der Waals surface area contributed by atoms with Crippen molar-refractivity contribution in [3.63, 3.8) is 0 Å². The highest BCUT2D eigenvalue weighted by Crippen LogP contribution is 2.12. The van der Waals surface area contributed by atoms with Gasteiger partial charge < -0.3 is 24.8 Å². The van der Waals surface area contributed by atoms with Crippen LogP contribution in [0.2, 0.25) is 0 Å². The Morgan fingerprint density at radius 2 is 2.07 bits per heavy atom. The van der Waals surface area contributed by atoms with E-state index in [0.717, 1.165) is 50.5 Å². The van der Waals surface area contributed by atoms with Crippen molar-refractivity contribution in [3.05, 3.63) is 29.8 Å². The molecule has 1 heterocycles. The van der Waals surface area contributed by atoms with E-state index in [9.17, 15) is 4.79 Å². The monoisotopic (exact) mass is 520 g/mol. The number of anilines is 1. The van der Waals surface area contributed by atoms with Crippen molar-refractivity contribution in [2.45, 2.75) is 38.8 Å². The summed E-state index contributed by atoms with van der Waals surface area (Å²) in [5.41, 5.74) is 1.74. The first-order chi connectivity index (χ1) is 13.7. The summed E-state index contributed by atoms with van der Waals surface area (Å²) in [6.07, 6.45) is 2.95. The molecule has 0 spiro atoms. The number of hydrogen-bond donors (Lipinski definition) is 3. The lowest BCUT2D eigenvalue weighted by molar-refractivity contribution is 0.0168. The van der Waals surface area contributed by atoms with Crippen LogP contribution in [0.5, 0.6) is 0 Å². The smallest absolute Gasteiger partial charge is 0.411 e. The zero-order chi connectivity index (χ0) is 20.0. The van der Waals surface area contributed by atoms with Crippen LogP contribution in [0, 0.1) is 0 Å². The lowest BCUT2D eigenvalue weighted by Gasteiger charge is -2.13. The van der Waals surface area contributed by atoms with Gasteiger partial charge in [0.25, 0.3) is 0 Å². The maximum Gasteiger partial charge on any atom is 0.411 e. The number of hydrogen-bond acceptors (Lipinski definition) is 5. The van der Waals surface area contributed by atoms with Crippen molar-refractivity contribution < 1.29 is 19.0 Å². The molecule has 3 N–H and O–H groups in total. The fourth-order valence-electron chi connectivity index (χ4n) is 2.75. The lowest BCUT2D eigenvalue weighted by atomic mass is 10.2. The zero-order valence-corrected chi connectivity index (χ0v) is 19.6. The van der Waals surface area contributed by atoms with Crippen molar-refractivity contribution >= 4 is 41.7 Å². The standard InChI is InChI=1S/C20H32N4O4.HI/c1-3-21-19(22-11-5-12-27-15-18-6-4-13-28-18)23-14-16-7-9-17(10-8-16)24-20(25)26-2;/h7-10,18H,3-6,11-15H2,1-2H3,(H,24,25)(H2,21,22,23);1H. The van der Waals surface area contributed by atoms with Gasteiger partial charge in [0, 0.05) is 32.0 Å². The van der Waals surface area contributed by atoms with Crippen LogP contribution in [0.25, 0.3) is 0 Å². The summed E-state index contributed by atoms with van der Waals surface area (Å²) in [4.78, 5) is 15.8. The Morgan fingerprint density at radius 3 is 2.72 bits per heavy atom. The first-order valence-electron chi connectivity index (χ1n) is 9.86. The quantitative estimate of drug-likeness (QED) is 0.190. The van der Waals surface area contributed by atoms with Gasteiger partial charge in [-0.2, -0.15) is 0 Å². The molecule has 0 radical (unpaired) electrons. The van der Waals surface area contributed by atoms with Gasteiger partial charge in [-0.15, -0.1) is 24.0 Å². The number of amides is 1. The van der Waals surface area contributed by atoms with E-state index < -0.39 is 6.09 Å². The average molecular weight is 520 g/mol. The molecule has 1 aliphatic rings. The van der Waals surface area contributed by atoms with Gasteiger partial charge >= 0.3 is 6.09 Å². The number of ether oxygens (including phenoxy) is 3. The molecular weight excluding hydrogens is 487 g/mol. The van der Waals surface area contributed by atoms with E-state index in [1.807, 2.05) is 31.2 Å². The largest absolute Gasteiger partial charge is 0.453 e. The molecule has 0 bridgehead atoms. The Balaban J connectivity index is 0.00000420. The molecule has 1 unspecified atom stereocenters. The minimum absolute atomic E-state index is 0. The maximum atomic E-state index is 11.2. The summed E-state index contributed by atoms with van der Waals surface area (Å²) < 4.78 is 15.8. The molecule has 0 saturated carbocycles. The molecule has 1 aromatic rings. The Kier molecular flexibility index (Phi) is 13.4. The number of nitrogens with one attached hydrogen (secondary N) is 3. The third-order valence-electron chi connectivity index (χ3n) is 4.24. The number of carbonyl (C=O) groups is 1. The van der Waals surface area contributed by atoms with Crippen LogP contribution in [0.3, 0.4) is 0 Å². The number of aliphatic imine (C=N–C) groups is 1. The van der Waals surface area contributed by atoms with E-state index in [0.29, 0.717) is 25.4 Å². The van der Waals surface area contributed by atoms with Gasteiger partial charge in [-0.05, 0) is 43.9 Å². The number of carbonyl (C=O) groups excluding carboxylic acids is 1. The van der Waals surface area contributed by atoms with E-state index in [-0.39, 0.29) is 30.1 Å². The Morgan fingerprint density at radius 1 is 1.28 bits per heavy atom. The molecule has 1 fully saturated rings. The number of halogens is 1. The molecule has 1 aromatic carbocycles. The predicted octanol–water partition coefficient (Wildman–Crippen LogP) is 3.12.